The van der Waals surface area contributed by atoms with E-state index in [0.29, 0.717) is 12.6 Å². The zero-order chi connectivity index (χ0) is 11.5. The average molecular weight is 287 g/mol. The second-order valence-corrected chi connectivity index (χ2v) is 4.70. The largest absolute Gasteiger partial charge is 0.376 e. The molecule has 88 valence electrons. The Morgan fingerprint density at radius 1 is 1.56 bits per heavy atom. The van der Waals surface area contributed by atoms with Gasteiger partial charge in [-0.1, -0.05) is 0 Å². The van der Waals surface area contributed by atoms with Gasteiger partial charge in [0.1, 0.15) is 0 Å². The van der Waals surface area contributed by atoms with Crippen LogP contribution in [-0.4, -0.2) is 34.8 Å². The van der Waals surface area contributed by atoms with E-state index in [9.17, 15) is 0 Å². The van der Waals surface area contributed by atoms with Gasteiger partial charge in [-0.25, -0.2) is 9.97 Å². The van der Waals surface area contributed by atoms with E-state index in [4.69, 9.17) is 10.5 Å². The summed E-state index contributed by atoms with van der Waals surface area (Å²) in [7, 11) is 0. The molecule has 6 heteroatoms. The summed E-state index contributed by atoms with van der Waals surface area (Å²) in [5.74, 6) is 0.591. The van der Waals surface area contributed by atoms with Crippen LogP contribution in [-0.2, 0) is 4.74 Å². The Labute approximate surface area is 103 Å². The molecule has 3 N–H and O–H groups in total. The van der Waals surface area contributed by atoms with E-state index in [1.807, 2.05) is 6.92 Å². The van der Waals surface area contributed by atoms with Crippen molar-refractivity contribution in [3.05, 3.63) is 16.9 Å². The van der Waals surface area contributed by atoms with Gasteiger partial charge in [0, 0.05) is 25.0 Å². The van der Waals surface area contributed by atoms with Crippen molar-refractivity contribution in [1.29, 1.82) is 0 Å². The molecule has 1 saturated carbocycles. The Balaban J connectivity index is 1.95. The highest BCUT2D eigenvalue weighted by Gasteiger charge is 2.39. The summed E-state index contributed by atoms with van der Waals surface area (Å²) in [5, 5.41) is 3.20. The molecule has 3 unspecified atom stereocenters. The van der Waals surface area contributed by atoms with Gasteiger partial charge in [0.2, 0.25) is 5.95 Å². The first-order chi connectivity index (χ1) is 7.70. The molecule has 1 aromatic heterocycles. The summed E-state index contributed by atoms with van der Waals surface area (Å²) in [4.78, 5) is 8.30. The number of anilines is 1. The Bertz CT molecular complexity index is 343. The third-order valence-corrected chi connectivity index (χ3v) is 3.07. The molecule has 2 rings (SSSR count). The molecule has 1 aliphatic carbocycles. The fourth-order valence-electron chi connectivity index (χ4n) is 1.76. The third kappa shape index (κ3) is 2.50. The molecule has 1 heterocycles. The molecule has 0 spiro atoms. The van der Waals surface area contributed by atoms with E-state index in [-0.39, 0.29) is 18.2 Å². The van der Waals surface area contributed by atoms with Crippen LogP contribution in [0.25, 0.3) is 0 Å². The van der Waals surface area contributed by atoms with Crippen molar-refractivity contribution in [1.82, 2.24) is 9.97 Å². The average Bonchev–Trinajstić information content (AvgIpc) is 2.28. The molecule has 0 bridgehead atoms. The van der Waals surface area contributed by atoms with E-state index in [0.717, 1.165) is 10.9 Å². The molecule has 1 aromatic rings. The summed E-state index contributed by atoms with van der Waals surface area (Å²) in [6, 6.07) is 0.227. The van der Waals surface area contributed by atoms with Crippen molar-refractivity contribution in [2.45, 2.75) is 31.5 Å². The maximum Gasteiger partial charge on any atom is 0.223 e. The first-order valence-corrected chi connectivity index (χ1v) is 6.11. The van der Waals surface area contributed by atoms with Crippen LogP contribution in [0.15, 0.2) is 16.9 Å². The highest BCUT2D eigenvalue weighted by Crippen LogP contribution is 2.25. The van der Waals surface area contributed by atoms with Crippen LogP contribution in [0.5, 0.6) is 0 Å². The molecule has 0 aliphatic heterocycles. The van der Waals surface area contributed by atoms with Gasteiger partial charge in [0.05, 0.1) is 16.6 Å². The number of hydrogen-bond donors (Lipinski definition) is 2. The zero-order valence-electron chi connectivity index (χ0n) is 9.06. The zero-order valence-corrected chi connectivity index (χ0v) is 10.6. The molecule has 0 amide bonds. The van der Waals surface area contributed by atoms with Gasteiger partial charge >= 0.3 is 0 Å². The maximum absolute atomic E-state index is 5.91. The lowest BCUT2D eigenvalue weighted by molar-refractivity contribution is -0.0128. The smallest absolute Gasteiger partial charge is 0.223 e. The summed E-state index contributed by atoms with van der Waals surface area (Å²) in [5.41, 5.74) is 5.91. The predicted molar refractivity (Wildman–Crippen MR) is 65.1 cm³/mol. The number of aromatic nitrogens is 2. The molecule has 1 fully saturated rings. The van der Waals surface area contributed by atoms with Gasteiger partial charge in [-0.2, -0.15) is 0 Å². The molecule has 0 saturated heterocycles. The number of halogens is 1. The second-order valence-electron chi connectivity index (χ2n) is 3.79. The lowest BCUT2D eigenvalue weighted by Gasteiger charge is -2.42. The normalized spacial score (nSPS) is 28.6. The lowest BCUT2D eigenvalue weighted by atomic mass is 9.83. The molecule has 1 aliphatic rings. The minimum atomic E-state index is 0.112. The predicted octanol–water partition coefficient (Wildman–Crippen LogP) is 1.16. The van der Waals surface area contributed by atoms with Gasteiger partial charge in [0.25, 0.3) is 0 Å². The van der Waals surface area contributed by atoms with Crippen molar-refractivity contribution < 1.29 is 4.74 Å². The SMILES string of the molecule is CCOC1CC(N)C1Nc1ncc(Br)cn1. The van der Waals surface area contributed by atoms with Gasteiger partial charge < -0.3 is 15.8 Å². The fourth-order valence-corrected chi connectivity index (χ4v) is 1.97. The van der Waals surface area contributed by atoms with Crippen molar-refractivity contribution in [2.75, 3.05) is 11.9 Å². The Morgan fingerprint density at radius 3 is 2.81 bits per heavy atom. The minimum absolute atomic E-state index is 0.112. The van der Waals surface area contributed by atoms with E-state index in [2.05, 4.69) is 31.2 Å². The summed E-state index contributed by atoms with van der Waals surface area (Å²) in [6.45, 7) is 2.69. The number of ether oxygens (including phenoxy) is 1. The number of nitrogens with zero attached hydrogens (tertiary/aromatic N) is 2. The first kappa shape index (κ1) is 11.8. The first-order valence-electron chi connectivity index (χ1n) is 5.32. The van der Waals surface area contributed by atoms with Crippen molar-refractivity contribution in [3.8, 4) is 0 Å². The van der Waals surface area contributed by atoms with Crippen molar-refractivity contribution >= 4 is 21.9 Å². The number of nitrogens with two attached hydrogens (primary N) is 1. The highest BCUT2D eigenvalue weighted by atomic mass is 79.9. The monoisotopic (exact) mass is 286 g/mol. The van der Waals surface area contributed by atoms with E-state index in [1.165, 1.54) is 0 Å². The quantitative estimate of drug-likeness (QED) is 0.869. The van der Waals surface area contributed by atoms with Crippen LogP contribution in [0, 0.1) is 0 Å². The Hall–Kier alpha value is -0.720. The standard InChI is InChI=1S/C10H15BrN4O/c1-2-16-8-3-7(12)9(8)15-10-13-4-6(11)5-14-10/h4-5,7-9H,2-3,12H2,1H3,(H,13,14,15). The van der Waals surface area contributed by atoms with Crippen molar-refractivity contribution in [3.63, 3.8) is 0 Å². The minimum Gasteiger partial charge on any atom is -0.376 e. The molecule has 16 heavy (non-hydrogen) atoms. The van der Waals surface area contributed by atoms with E-state index >= 15 is 0 Å². The van der Waals surface area contributed by atoms with Gasteiger partial charge in [0.15, 0.2) is 0 Å². The molecular weight excluding hydrogens is 272 g/mol. The summed E-state index contributed by atoms with van der Waals surface area (Å²) >= 11 is 3.29. The molecular formula is C10H15BrN4O. The molecule has 5 nitrogen and oxygen atoms in total. The van der Waals surface area contributed by atoms with Crippen molar-refractivity contribution in [2.24, 2.45) is 5.73 Å². The van der Waals surface area contributed by atoms with Crippen LogP contribution in [0.2, 0.25) is 0 Å². The van der Waals surface area contributed by atoms with Crippen LogP contribution in [0.1, 0.15) is 13.3 Å². The van der Waals surface area contributed by atoms with Gasteiger partial charge in [-0.3, -0.25) is 0 Å². The van der Waals surface area contributed by atoms with Crippen LogP contribution in [0.3, 0.4) is 0 Å². The van der Waals surface area contributed by atoms with Crippen LogP contribution >= 0.6 is 15.9 Å². The topological polar surface area (TPSA) is 73.1 Å². The maximum atomic E-state index is 5.91. The van der Waals surface area contributed by atoms with Crippen LogP contribution in [0.4, 0.5) is 5.95 Å². The Kier molecular flexibility index (Phi) is 3.73. The Morgan fingerprint density at radius 2 is 2.25 bits per heavy atom. The van der Waals surface area contributed by atoms with Gasteiger partial charge in [-0.15, -0.1) is 0 Å². The highest BCUT2D eigenvalue weighted by molar-refractivity contribution is 9.10. The number of rotatable bonds is 4. The van der Waals surface area contributed by atoms with Crippen LogP contribution < -0.4 is 11.1 Å². The number of nitrogens with one attached hydrogen (secondary N) is 1. The molecule has 3 atom stereocenters. The molecule has 0 aromatic carbocycles. The fraction of sp³-hybridized carbons (Fsp3) is 0.600. The summed E-state index contributed by atoms with van der Waals surface area (Å²) in [6.07, 6.45) is 4.47. The van der Waals surface area contributed by atoms with Gasteiger partial charge in [-0.05, 0) is 29.3 Å². The van der Waals surface area contributed by atoms with E-state index < -0.39 is 0 Å². The summed E-state index contributed by atoms with van der Waals surface area (Å²) < 4.78 is 6.41. The third-order valence-electron chi connectivity index (χ3n) is 2.66. The number of hydrogen-bond acceptors (Lipinski definition) is 5. The van der Waals surface area contributed by atoms with E-state index in [1.54, 1.807) is 12.4 Å². The molecule has 0 radical (unpaired) electrons. The second kappa shape index (κ2) is 5.07. The lowest BCUT2D eigenvalue weighted by Crippen LogP contribution is -2.60.